The minimum absolute atomic E-state index is 0.789. The van der Waals surface area contributed by atoms with Gasteiger partial charge in [-0.25, -0.2) is 0 Å². The van der Waals surface area contributed by atoms with Gasteiger partial charge in [0, 0.05) is 40.5 Å². The lowest BCUT2D eigenvalue weighted by atomic mass is 10.3. The highest BCUT2D eigenvalue weighted by atomic mass is 16.5. The van der Waals surface area contributed by atoms with Crippen LogP contribution in [0.2, 0.25) is 0 Å². The van der Waals surface area contributed by atoms with Crippen LogP contribution in [0.3, 0.4) is 0 Å². The fourth-order valence-corrected chi connectivity index (χ4v) is 1.31. The van der Waals surface area contributed by atoms with E-state index in [4.69, 9.17) is 9.47 Å². The molecule has 4 nitrogen and oxygen atoms in total. The molecule has 0 aromatic carbocycles. The van der Waals surface area contributed by atoms with Gasteiger partial charge in [-0.3, -0.25) is 0 Å². The fraction of sp³-hybridized carbons (Fsp3) is 1.00. The molecule has 0 bridgehead atoms. The van der Waals surface area contributed by atoms with Gasteiger partial charge < -0.3 is 19.7 Å². The summed E-state index contributed by atoms with van der Waals surface area (Å²) in [5.41, 5.74) is 0. The van der Waals surface area contributed by atoms with Crippen molar-refractivity contribution in [2.75, 3.05) is 60.7 Å². The fourth-order valence-electron chi connectivity index (χ4n) is 1.31. The van der Waals surface area contributed by atoms with Crippen molar-refractivity contribution in [1.29, 1.82) is 0 Å². The minimum atomic E-state index is 0.789. The molecule has 0 aliphatic heterocycles. The Kier molecular flexibility index (Phi) is 11.8. The maximum Gasteiger partial charge on any atom is 0.0587 e. The molecule has 4 heteroatoms. The summed E-state index contributed by atoms with van der Waals surface area (Å²) in [5, 5.41) is 3.33. The molecule has 0 saturated carbocycles. The van der Waals surface area contributed by atoms with Crippen LogP contribution in [0.25, 0.3) is 0 Å². The van der Waals surface area contributed by atoms with Gasteiger partial charge in [-0.15, -0.1) is 0 Å². The lowest BCUT2D eigenvalue weighted by Gasteiger charge is -2.16. The van der Waals surface area contributed by atoms with Crippen molar-refractivity contribution in [1.82, 2.24) is 10.2 Å². The van der Waals surface area contributed by atoms with E-state index in [2.05, 4.69) is 17.3 Å². The van der Waals surface area contributed by atoms with E-state index in [1.54, 1.807) is 14.2 Å². The van der Waals surface area contributed by atoms with Crippen LogP contribution in [-0.4, -0.2) is 65.6 Å². The third-order valence-corrected chi connectivity index (χ3v) is 2.29. The Balaban J connectivity index is 3.08. The molecule has 1 N–H and O–H groups in total. The summed E-state index contributed by atoms with van der Waals surface area (Å²) >= 11 is 0. The third kappa shape index (κ3) is 11.8. The normalized spacial score (nSPS) is 11.2. The maximum atomic E-state index is 5.00. The van der Waals surface area contributed by atoms with E-state index in [0.717, 1.165) is 45.8 Å². The Bertz CT molecular complexity index is 123. The maximum absolute atomic E-state index is 5.00. The zero-order valence-corrected chi connectivity index (χ0v) is 10.4. The number of nitrogens with zero attached hydrogens (tertiary/aromatic N) is 1. The summed E-state index contributed by atoms with van der Waals surface area (Å²) in [6.45, 7) is 5.88. The number of hydrogen-bond acceptors (Lipinski definition) is 4. The van der Waals surface area contributed by atoms with E-state index in [9.17, 15) is 0 Å². The van der Waals surface area contributed by atoms with Gasteiger partial charge in [0.2, 0.25) is 0 Å². The molecule has 92 valence electrons. The van der Waals surface area contributed by atoms with E-state index in [1.165, 1.54) is 6.42 Å². The predicted octanol–water partition coefficient (Wildman–Crippen LogP) is 0.581. The molecule has 0 unspecified atom stereocenters. The zero-order chi connectivity index (χ0) is 11.4. The van der Waals surface area contributed by atoms with Crippen LogP contribution in [0.15, 0.2) is 0 Å². The zero-order valence-electron chi connectivity index (χ0n) is 10.4. The van der Waals surface area contributed by atoms with Crippen molar-refractivity contribution in [2.24, 2.45) is 0 Å². The Morgan fingerprint density at radius 3 is 2.33 bits per heavy atom. The van der Waals surface area contributed by atoms with Crippen LogP contribution < -0.4 is 5.32 Å². The molecule has 0 fully saturated rings. The number of methoxy groups -OCH3 is 2. The topological polar surface area (TPSA) is 33.7 Å². The molecule has 0 atom stereocenters. The second kappa shape index (κ2) is 11.9. The molecule has 0 spiro atoms. The first-order valence-corrected chi connectivity index (χ1v) is 5.68. The highest BCUT2D eigenvalue weighted by Gasteiger charge is 1.97. The van der Waals surface area contributed by atoms with Gasteiger partial charge in [-0.1, -0.05) is 0 Å². The van der Waals surface area contributed by atoms with E-state index in [0.29, 0.717) is 0 Å². The minimum Gasteiger partial charge on any atom is -0.385 e. The molecular formula is C11H26N2O2. The van der Waals surface area contributed by atoms with Crippen LogP contribution in [0.1, 0.15) is 12.8 Å². The van der Waals surface area contributed by atoms with E-state index in [1.807, 2.05) is 0 Å². The third-order valence-electron chi connectivity index (χ3n) is 2.29. The summed E-state index contributed by atoms with van der Waals surface area (Å²) < 4.78 is 9.95. The Hall–Kier alpha value is -0.160. The lowest BCUT2D eigenvalue weighted by molar-refractivity contribution is 0.186. The molecular weight excluding hydrogens is 192 g/mol. The van der Waals surface area contributed by atoms with Gasteiger partial charge in [0.1, 0.15) is 0 Å². The number of nitrogens with one attached hydrogen (secondary N) is 1. The molecule has 0 aliphatic rings. The molecule has 0 aromatic rings. The van der Waals surface area contributed by atoms with Crippen molar-refractivity contribution < 1.29 is 9.47 Å². The van der Waals surface area contributed by atoms with E-state index in [-0.39, 0.29) is 0 Å². The van der Waals surface area contributed by atoms with Gasteiger partial charge in [-0.2, -0.15) is 0 Å². The molecule has 0 aliphatic carbocycles. The van der Waals surface area contributed by atoms with Crippen LogP contribution in [-0.2, 0) is 9.47 Å². The molecule has 0 aromatic heterocycles. The first kappa shape index (κ1) is 14.8. The highest BCUT2D eigenvalue weighted by molar-refractivity contribution is 4.55. The Labute approximate surface area is 93.9 Å². The van der Waals surface area contributed by atoms with Crippen LogP contribution >= 0.6 is 0 Å². The second-order valence-electron chi connectivity index (χ2n) is 3.75. The smallest absolute Gasteiger partial charge is 0.0587 e. The van der Waals surface area contributed by atoms with Crippen molar-refractivity contribution in [3.05, 3.63) is 0 Å². The van der Waals surface area contributed by atoms with Crippen molar-refractivity contribution >= 4 is 0 Å². The summed E-state index contributed by atoms with van der Waals surface area (Å²) in [5.74, 6) is 0. The highest BCUT2D eigenvalue weighted by Crippen LogP contribution is 1.92. The summed E-state index contributed by atoms with van der Waals surface area (Å²) in [4.78, 5) is 2.34. The summed E-state index contributed by atoms with van der Waals surface area (Å²) in [6, 6.07) is 0. The molecule has 0 amide bonds. The quantitative estimate of drug-likeness (QED) is 0.514. The number of likely N-dealkylation sites (N-methyl/N-ethyl adjacent to an activating group) is 1. The Morgan fingerprint density at radius 2 is 1.67 bits per heavy atom. The van der Waals surface area contributed by atoms with Crippen LogP contribution in [0.4, 0.5) is 0 Å². The standard InChI is InChI=1S/C11H26N2O2/c1-13(8-4-5-10-14-2)9-6-12-7-11-15-3/h12H,4-11H2,1-3H3. The van der Waals surface area contributed by atoms with Crippen molar-refractivity contribution in [3.8, 4) is 0 Å². The van der Waals surface area contributed by atoms with E-state index < -0.39 is 0 Å². The average molecular weight is 218 g/mol. The molecule has 15 heavy (non-hydrogen) atoms. The first-order chi connectivity index (χ1) is 7.31. The number of hydrogen-bond donors (Lipinski definition) is 1. The van der Waals surface area contributed by atoms with E-state index >= 15 is 0 Å². The molecule has 0 radical (unpaired) electrons. The molecule has 0 saturated heterocycles. The average Bonchev–Trinajstić information content (AvgIpc) is 2.24. The van der Waals surface area contributed by atoms with Crippen LogP contribution in [0, 0.1) is 0 Å². The van der Waals surface area contributed by atoms with Gasteiger partial charge in [0.25, 0.3) is 0 Å². The van der Waals surface area contributed by atoms with Gasteiger partial charge in [-0.05, 0) is 26.4 Å². The predicted molar refractivity (Wildman–Crippen MR) is 63.4 cm³/mol. The van der Waals surface area contributed by atoms with Crippen molar-refractivity contribution in [2.45, 2.75) is 12.8 Å². The summed E-state index contributed by atoms with van der Waals surface area (Å²) in [6.07, 6.45) is 2.36. The molecule has 0 heterocycles. The second-order valence-corrected chi connectivity index (χ2v) is 3.75. The monoisotopic (exact) mass is 218 g/mol. The Morgan fingerprint density at radius 1 is 0.933 bits per heavy atom. The first-order valence-electron chi connectivity index (χ1n) is 5.68. The van der Waals surface area contributed by atoms with Crippen LogP contribution in [0.5, 0.6) is 0 Å². The SMILES string of the molecule is COCCCCN(C)CCNCCOC. The number of rotatable bonds is 11. The number of ether oxygens (including phenoxy) is 2. The number of unbranched alkanes of at least 4 members (excludes halogenated alkanes) is 1. The lowest BCUT2D eigenvalue weighted by Crippen LogP contribution is -2.31. The van der Waals surface area contributed by atoms with Crippen molar-refractivity contribution in [3.63, 3.8) is 0 Å². The molecule has 0 rings (SSSR count). The summed E-state index contributed by atoms with van der Waals surface area (Å²) in [7, 11) is 5.64. The van der Waals surface area contributed by atoms with Gasteiger partial charge >= 0.3 is 0 Å². The van der Waals surface area contributed by atoms with Gasteiger partial charge in [0.15, 0.2) is 0 Å². The van der Waals surface area contributed by atoms with Gasteiger partial charge in [0.05, 0.1) is 6.61 Å². The largest absolute Gasteiger partial charge is 0.385 e.